The van der Waals surface area contributed by atoms with E-state index in [4.69, 9.17) is 11.6 Å². The molecule has 0 unspecified atom stereocenters. The SMILES string of the molecule is CCCNc1nc(Cl)c2cc(CCC)sc2n1. The van der Waals surface area contributed by atoms with Crippen molar-refractivity contribution in [2.24, 2.45) is 0 Å². The van der Waals surface area contributed by atoms with Gasteiger partial charge in [-0.05, 0) is 18.9 Å². The number of rotatable bonds is 5. The van der Waals surface area contributed by atoms with Crippen molar-refractivity contribution in [1.82, 2.24) is 9.97 Å². The fourth-order valence-electron chi connectivity index (χ4n) is 1.62. The van der Waals surface area contributed by atoms with Crippen LogP contribution < -0.4 is 5.32 Å². The standard InChI is InChI=1S/C12H16ClN3S/c1-3-5-8-7-9-10(13)15-12(14-6-4-2)16-11(9)17-8/h7H,3-6H2,1-2H3,(H,14,15,16). The van der Waals surface area contributed by atoms with Gasteiger partial charge < -0.3 is 5.32 Å². The summed E-state index contributed by atoms with van der Waals surface area (Å²) in [6.45, 7) is 5.15. The summed E-state index contributed by atoms with van der Waals surface area (Å²) in [5, 5.41) is 4.69. The van der Waals surface area contributed by atoms with Crippen LogP contribution in [0, 0.1) is 0 Å². The normalized spacial score (nSPS) is 11.0. The Morgan fingerprint density at radius 2 is 2.12 bits per heavy atom. The van der Waals surface area contributed by atoms with E-state index in [0.717, 1.165) is 36.0 Å². The second kappa shape index (κ2) is 5.65. The zero-order valence-electron chi connectivity index (χ0n) is 10.1. The van der Waals surface area contributed by atoms with Crippen LogP contribution in [0.2, 0.25) is 5.15 Å². The number of halogens is 1. The summed E-state index contributed by atoms with van der Waals surface area (Å²) < 4.78 is 0. The van der Waals surface area contributed by atoms with E-state index in [1.54, 1.807) is 11.3 Å². The molecule has 2 heterocycles. The lowest BCUT2D eigenvalue weighted by molar-refractivity contribution is 0.940. The van der Waals surface area contributed by atoms with Crippen molar-refractivity contribution in [3.05, 3.63) is 16.1 Å². The zero-order chi connectivity index (χ0) is 12.3. The highest BCUT2D eigenvalue weighted by Crippen LogP contribution is 2.30. The summed E-state index contributed by atoms with van der Waals surface area (Å²) in [5.41, 5.74) is 0. The van der Waals surface area contributed by atoms with Crippen molar-refractivity contribution in [3.8, 4) is 0 Å². The van der Waals surface area contributed by atoms with Gasteiger partial charge in [-0.2, -0.15) is 0 Å². The van der Waals surface area contributed by atoms with Crippen LogP contribution in [0.5, 0.6) is 0 Å². The van der Waals surface area contributed by atoms with Crippen LogP contribution in [-0.4, -0.2) is 16.5 Å². The Morgan fingerprint density at radius 3 is 2.82 bits per heavy atom. The second-order valence-electron chi connectivity index (χ2n) is 3.95. The minimum Gasteiger partial charge on any atom is -0.354 e. The molecule has 17 heavy (non-hydrogen) atoms. The molecule has 0 bridgehead atoms. The highest BCUT2D eigenvalue weighted by molar-refractivity contribution is 7.18. The number of fused-ring (bicyclic) bond motifs is 1. The smallest absolute Gasteiger partial charge is 0.225 e. The first-order valence-corrected chi connectivity index (χ1v) is 7.13. The molecule has 2 rings (SSSR count). The van der Waals surface area contributed by atoms with Crippen molar-refractivity contribution < 1.29 is 0 Å². The maximum absolute atomic E-state index is 6.17. The Kier molecular flexibility index (Phi) is 4.18. The van der Waals surface area contributed by atoms with Crippen molar-refractivity contribution in [3.63, 3.8) is 0 Å². The van der Waals surface area contributed by atoms with E-state index in [0.29, 0.717) is 11.1 Å². The molecule has 0 amide bonds. The predicted molar refractivity (Wildman–Crippen MR) is 75.2 cm³/mol. The largest absolute Gasteiger partial charge is 0.354 e. The van der Waals surface area contributed by atoms with Gasteiger partial charge in [0.2, 0.25) is 5.95 Å². The lowest BCUT2D eigenvalue weighted by Gasteiger charge is -2.02. The van der Waals surface area contributed by atoms with Crippen molar-refractivity contribution in [2.45, 2.75) is 33.1 Å². The number of aryl methyl sites for hydroxylation is 1. The van der Waals surface area contributed by atoms with E-state index in [-0.39, 0.29) is 0 Å². The van der Waals surface area contributed by atoms with E-state index in [1.165, 1.54) is 4.88 Å². The van der Waals surface area contributed by atoms with Crippen molar-refractivity contribution in [1.29, 1.82) is 0 Å². The average Bonchev–Trinajstić information content (AvgIpc) is 2.70. The molecule has 1 N–H and O–H groups in total. The predicted octanol–water partition coefficient (Wildman–Crippen LogP) is 4.12. The first-order chi connectivity index (χ1) is 8.24. The molecule has 0 spiro atoms. The molecule has 5 heteroatoms. The minimum absolute atomic E-state index is 0.548. The van der Waals surface area contributed by atoms with E-state index in [1.807, 2.05) is 0 Å². The lowest BCUT2D eigenvalue weighted by Crippen LogP contribution is -2.03. The molecule has 0 atom stereocenters. The van der Waals surface area contributed by atoms with Gasteiger partial charge in [0.1, 0.15) is 9.98 Å². The lowest BCUT2D eigenvalue weighted by atomic mass is 10.3. The highest BCUT2D eigenvalue weighted by atomic mass is 35.5. The Morgan fingerprint density at radius 1 is 1.29 bits per heavy atom. The molecule has 0 aliphatic rings. The fraction of sp³-hybridized carbons (Fsp3) is 0.500. The van der Waals surface area contributed by atoms with Crippen LogP contribution in [0.15, 0.2) is 6.07 Å². The molecule has 0 fully saturated rings. The molecule has 0 aliphatic heterocycles. The summed E-state index contributed by atoms with van der Waals surface area (Å²) in [5.74, 6) is 0.634. The number of anilines is 1. The van der Waals surface area contributed by atoms with Gasteiger partial charge in [-0.3, -0.25) is 0 Å². The third-order valence-electron chi connectivity index (χ3n) is 2.43. The van der Waals surface area contributed by atoms with E-state index < -0.39 is 0 Å². The van der Waals surface area contributed by atoms with Gasteiger partial charge in [0.15, 0.2) is 0 Å². The molecule has 2 aromatic rings. The minimum atomic E-state index is 0.548. The summed E-state index contributed by atoms with van der Waals surface area (Å²) in [6.07, 6.45) is 3.26. The first kappa shape index (κ1) is 12.6. The number of hydrogen-bond donors (Lipinski definition) is 1. The molecule has 3 nitrogen and oxygen atoms in total. The number of nitrogens with zero attached hydrogens (tertiary/aromatic N) is 2. The maximum Gasteiger partial charge on any atom is 0.225 e. The molecule has 0 saturated carbocycles. The van der Waals surface area contributed by atoms with E-state index in [9.17, 15) is 0 Å². The van der Waals surface area contributed by atoms with E-state index >= 15 is 0 Å². The second-order valence-corrected chi connectivity index (χ2v) is 5.42. The van der Waals surface area contributed by atoms with Gasteiger partial charge in [0.05, 0.1) is 0 Å². The van der Waals surface area contributed by atoms with Gasteiger partial charge in [-0.1, -0.05) is 31.9 Å². The van der Waals surface area contributed by atoms with Gasteiger partial charge in [-0.15, -0.1) is 11.3 Å². The van der Waals surface area contributed by atoms with Crippen molar-refractivity contribution >= 4 is 39.1 Å². The quantitative estimate of drug-likeness (QED) is 0.830. The molecular weight excluding hydrogens is 254 g/mol. The molecule has 0 radical (unpaired) electrons. The van der Waals surface area contributed by atoms with Gasteiger partial charge in [-0.25, -0.2) is 9.97 Å². The fourth-order valence-corrected chi connectivity index (χ4v) is 3.03. The monoisotopic (exact) mass is 269 g/mol. The summed E-state index contributed by atoms with van der Waals surface area (Å²) >= 11 is 7.88. The molecule has 0 aliphatic carbocycles. The maximum atomic E-state index is 6.17. The number of thiophene rings is 1. The van der Waals surface area contributed by atoms with Crippen LogP contribution in [-0.2, 0) is 6.42 Å². The van der Waals surface area contributed by atoms with Gasteiger partial charge in [0.25, 0.3) is 0 Å². The molecule has 0 aromatic carbocycles. The topological polar surface area (TPSA) is 37.8 Å². The van der Waals surface area contributed by atoms with Crippen LogP contribution in [0.25, 0.3) is 10.2 Å². The van der Waals surface area contributed by atoms with Crippen LogP contribution in [0.4, 0.5) is 5.95 Å². The first-order valence-electron chi connectivity index (χ1n) is 5.94. The van der Waals surface area contributed by atoms with E-state index in [2.05, 4.69) is 35.2 Å². The Labute approximate surface area is 110 Å². The Balaban J connectivity index is 2.35. The molecule has 92 valence electrons. The highest BCUT2D eigenvalue weighted by Gasteiger charge is 2.09. The number of hydrogen-bond acceptors (Lipinski definition) is 4. The third kappa shape index (κ3) is 2.87. The summed E-state index contributed by atoms with van der Waals surface area (Å²) in [7, 11) is 0. The molecule has 0 saturated heterocycles. The van der Waals surface area contributed by atoms with Crippen molar-refractivity contribution in [2.75, 3.05) is 11.9 Å². The van der Waals surface area contributed by atoms with Crippen LogP contribution >= 0.6 is 22.9 Å². The Hall–Kier alpha value is -0.870. The van der Waals surface area contributed by atoms with Crippen LogP contribution in [0.1, 0.15) is 31.6 Å². The summed E-state index contributed by atoms with van der Waals surface area (Å²) in [6, 6.07) is 2.11. The average molecular weight is 270 g/mol. The van der Waals surface area contributed by atoms with Gasteiger partial charge >= 0.3 is 0 Å². The molecule has 2 aromatic heterocycles. The van der Waals surface area contributed by atoms with Crippen LogP contribution in [0.3, 0.4) is 0 Å². The zero-order valence-corrected chi connectivity index (χ0v) is 11.7. The molecular formula is C12H16ClN3S. The van der Waals surface area contributed by atoms with Gasteiger partial charge in [0, 0.05) is 16.8 Å². The number of aromatic nitrogens is 2. The Bertz CT molecular complexity index is 510. The summed E-state index contributed by atoms with van der Waals surface area (Å²) in [4.78, 5) is 11.1. The number of nitrogens with one attached hydrogen (secondary N) is 1. The third-order valence-corrected chi connectivity index (χ3v) is 3.80.